The molecule has 2 unspecified atom stereocenters. The smallest absolute Gasteiger partial charge is 0.333 e. The minimum Gasteiger partial charge on any atom is -0.463 e. The zero-order valence-corrected chi connectivity index (χ0v) is 22.2. The van der Waals surface area contributed by atoms with Gasteiger partial charge in [0.25, 0.3) is 0 Å². The summed E-state index contributed by atoms with van der Waals surface area (Å²) in [5.74, 6) is -0.739. The van der Waals surface area contributed by atoms with Crippen LogP contribution in [0, 0.1) is 11.8 Å². The van der Waals surface area contributed by atoms with Crippen molar-refractivity contribution in [2.24, 2.45) is 11.8 Å². The second-order valence-electron chi connectivity index (χ2n) is 9.54. The molecule has 0 aromatic rings. The lowest BCUT2D eigenvalue weighted by atomic mass is 9.89. The van der Waals surface area contributed by atoms with E-state index in [-0.39, 0.29) is 41.7 Å². The average Bonchev–Trinajstić information content (AvgIpc) is 2.72. The molecule has 2 N–H and O–H groups in total. The second-order valence-corrected chi connectivity index (χ2v) is 9.54. The van der Waals surface area contributed by atoms with Gasteiger partial charge in [0.1, 0.15) is 6.04 Å². The van der Waals surface area contributed by atoms with E-state index in [4.69, 9.17) is 4.74 Å². The van der Waals surface area contributed by atoms with Crippen LogP contribution in [0.2, 0.25) is 0 Å². The molecular weight excluding hydrogens is 406 g/mol. The first kappa shape index (κ1) is 30.1. The van der Waals surface area contributed by atoms with Gasteiger partial charge in [-0.25, -0.2) is 4.79 Å². The molecule has 0 aliphatic rings. The Bertz CT molecular complexity index is 652. The number of hydrogen-bond acceptors (Lipinski definition) is 5. The lowest BCUT2D eigenvalue weighted by molar-refractivity contribution is -0.140. The summed E-state index contributed by atoms with van der Waals surface area (Å²) in [5.41, 5.74) is -0.259. The summed E-state index contributed by atoms with van der Waals surface area (Å²) < 4.78 is 5.08. The van der Waals surface area contributed by atoms with Crippen molar-refractivity contribution in [2.75, 3.05) is 13.7 Å². The highest BCUT2D eigenvalue weighted by Gasteiger charge is 2.39. The average molecular weight is 454 g/mol. The zero-order chi connectivity index (χ0) is 25.2. The van der Waals surface area contributed by atoms with Crippen LogP contribution in [0.15, 0.2) is 11.6 Å². The molecule has 0 aromatic heterocycles. The van der Waals surface area contributed by atoms with E-state index in [1.165, 1.54) is 0 Å². The van der Waals surface area contributed by atoms with Crippen LogP contribution in [0.25, 0.3) is 0 Å². The van der Waals surface area contributed by atoms with Gasteiger partial charge in [0.2, 0.25) is 11.8 Å². The lowest BCUT2D eigenvalue weighted by Crippen LogP contribution is -2.63. The normalized spacial score (nSPS) is 14.5. The van der Waals surface area contributed by atoms with Crippen molar-refractivity contribution in [3.05, 3.63) is 11.6 Å². The van der Waals surface area contributed by atoms with E-state index in [1.807, 2.05) is 55.4 Å². The third kappa shape index (κ3) is 8.23. The quantitative estimate of drug-likeness (QED) is 0.328. The van der Waals surface area contributed by atoms with E-state index in [1.54, 1.807) is 31.9 Å². The summed E-state index contributed by atoms with van der Waals surface area (Å²) in [6.07, 6.45) is 3.03. The maximum Gasteiger partial charge on any atom is 0.333 e. The number of nitrogens with zero attached hydrogens (tertiary/aromatic N) is 1. The maximum absolute atomic E-state index is 13.5. The van der Waals surface area contributed by atoms with Gasteiger partial charge in [-0.2, -0.15) is 0 Å². The highest BCUT2D eigenvalue weighted by atomic mass is 16.5. The van der Waals surface area contributed by atoms with Crippen molar-refractivity contribution < 1.29 is 19.1 Å². The molecule has 0 heterocycles. The molecule has 0 aliphatic heterocycles. The largest absolute Gasteiger partial charge is 0.463 e. The van der Waals surface area contributed by atoms with Crippen LogP contribution in [0.1, 0.15) is 82.1 Å². The van der Waals surface area contributed by atoms with Crippen molar-refractivity contribution >= 4 is 17.8 Å². The van der Waals surface area contributed by atoms with Crippen LogP contribution < -0.4 is 10.6 Å². The van der Waals surface area contributed by atoms with Crippen LogP contribution in [0.3, 0.4) is 0 Å². The third-order valence-corrected chi connectivity index (χ3v) is 5.92. The van der Waals surface area contributed by atoms with Gasteiger partial charge in [-0.05, 0) is 52.4 Å². The molecule has 2 amide bonds. The van der Waals surface area contributed by atoms with E-state index >= 15 is 0 Å². The zero-order valence-electron chi connectivity index (χ0n) is 22.2. The van der Waals surface area contributed by atoms with Crippen molar-refractivity contribution in [2.45, 2.75) is 106 Å². The van der Waals surface area contributed by atoms with E-state index in [0.717, 1.165) is 0 Å². The predicted molar refractivity (Wildman–Crippen MR) is 130 cm³/mol. The molecule has 7 nitrogen and oxygen atoms in total. The SMILES string of the molecule is CCOC(=O)/C(C)=C/C(C(C)C)N(C)C(=O)C(NC(=O)C(CC)(CC)NC(C)C)C(C)C. The summed E-state index contributed by atoms with van der Waals surface area (Å²) in [5, 5.41) is 6.43. The molecule has 0 bridgehead atoms. The van der Waals surface area contributed by atoms with Crippen molar-refractivity contribution in [3.63, 3.8) is 0 Å². The first-order valence-corrected chi connectivity index (χ1v) is 12.0. The summed E-state index contributed by atoms with van der Waals surface area (Å²) >= 11 is 0. The summed E-state index contributed by atoms with van der Waals surface area (Å²) in [4.78, 5) is 40.6. The summed E-state index contributed by atoms with van der Waals surface area (Å²) in [7, 11) is 1.72. The van der Waals surface area contributed by atoms with Gasteiger partial charge in [0.05, 0.1) is 18.2 Å². The van der Waals surface area contributed by atoms with E-state index in [0.29, 0.717) is 25.0 Å². The molecule has 0 rings (SSSR count). The number of carbonyl (C=O) groups is 3. The van der Waals surface area contributed by atoms with Gasteiger partial charge in [-0.3, -0.25) is 9.59 Å². The number of ether oxygens (including phenoxy) is 1. The van der Waals surface area contributed by atoms with Gasteiger partial charge in [-0.15, -0.1) is 0 Å². The van der Waals surface area contributed by atoms with Crippen LogP contribution >= 0.6 is 0 Å². The predicted octanol–water partition coefficient (Wildman–Crippen LogP) is 3.68. The Morgan fingerprint density at radius 1 is 0.969 bits per heavy atom. The Labute approximate surface area is 195 Å². The Morgan fingerprint density at radius 2 is 1.50 bits per heavy atom. The van der Waals surface area contributed by atoms with Crippen LogP contribution in [-0.2, 0) is 19.1 Å². The van der Waals surface area contributed by atoms with Crippen LogP contribution in [0.4, 0.5) is 0 Å². The molecule has 0 saturated carbocycles. The molecule has 0 fully saturated rings. The maximum atomic E-state index is 13.5. The van der Waals surface area contributed by atoms with Crippen molar-refractivity contribution in [1.82, 2.24) is 15.5 Å². The van der Waals surface area contributed by atoms with Gasteiger partial charge < -0.3 is 20.3 Å². The molecule has 0 spiro atoms. The number of nitrogens with one attached hydrogen (secondary N) is 2. The van der Waals surface area contributed by atoms with Gasteiger partial charge >= 0.3 is 5.97 Å². The first-order chi connectivity index (χ1) is 14.8. The number of esters is 1. The fraction of sp³-hybridized carbons (Fsp3) is 0.800. The van der Waals surface area contributed by atoms with Crippen LogP contribution in [-0.4, -0.2) is 60.0 Å². The Balaban J connectivity index is 5.86. The molecule has 0 radical (unpaired) electrons. The van der Waals surface area contributed by atoms with E-state index < -0.39 is 11.6 Å². The number of amides is 2. The second kappa shape index (κ2) is 13.6. The summed E-state index contributed by atoms with van der Waals surface area (Å²) in [6, 6.07) is -0.838. The third-order valence-electron chi connectivity index (χ3n) is 5.92. The van der Waals surface area contributed by atoms with E-state index in [2.05, 4.69) is 10.6 Å². The monoisotopic (exact) mass is 453 g/mol. The Kier molecular flexibility index (Phi) is 12.8. The van der Waals surface area contributed by atoms with Crippen molar-refractivity contribution in [3.8, 4) is 0 Å². The minimum atomic E-state index is -0.724. The van der Waals surface area contributed by atoms with Gasteiger partial charge in [0.15, 0.2) is 0 Å². The molecule has 2 atom stereocenters. The number of likely N-dealkylation sites (N-methyl/N-ethyl adjacent to an activating group) is 1. The molecular formula is C25H47N3O4. The Morgan fingerprint density at radius 3 is 1.88 bits per heavy atom. The molecule has 0 aromatic carbocycles. The van der Waals surface area contributed by atoms with Crippen molar-refractivity contribution in [1.29, 1.82) is 0 Å². The molecule has 0 saturated heterocycles. The number of carbonyl (C=O) groups excluding carboxylic acids is 3. The molecule has 32 heavy (non-hydrogen) atoms. The lowest BCUT2D eigenvalue weighted by Gasteiger charge is -2.38. The highest BCUT2D eigenvalue weighted by Crippen LogP contribution is 2.20. The molecule has 186 valence electrons. The highest BCUT2D eigenvalue weighted by molar-refractivity contribution is 5.92. The summed E-state index contributed by atoms with van der Waals surface area (Å²) in [6.45, 7) is 19.6. The van der Waals surface area contributed by atoms with Gasteiger partial charge in [0, 0.05) is 18.7 Å². The fourth-order valence-corrected chi connectivity index (χ4v) is 3.87. The van der Waals surface area contributed by atoms with E-state index in [9.17, 15) is 14.4 Å². The Hall–Kier alpha value is -1.89. The number of rotatable bonds is 13. The van der Waals surface area contributed by atoms with Crippen LogP contribution in [0.5, 0.6) is 0 Å². The molecule has 0 aliphatic carbocycles. The standard InChI is InChI=1S/C25H47N3O4/c1-12-25(13-2,27-18(8)9)24(31)26-21(17(6)7)22(29)28(11)20(16(4)5)15-19(10)23(30)32-14-3/h15-18,20-21,27H,12-14H2,1-11H3,(H,26,31)/b19-15+. The molecule has 7 heteroatoms. The topological polar surface area (TPSA) is 87.7 Å². The minimum absolute atomic E-state index is 0.0739. The fourth-order valence-electron chi connectivity index (χ4n) is 3.87. The van der Waals surface area contributed by atoms with Gasteiger partial charge in [-0.1, -0.05) is 47.6 Å². The first-order valence-electron chi connectivity index (χ1n) is 12.0. The number of hydrogen-bond donors (Lipinski definition) is 2.